The van der Waals surface area contributed by atoms with Crippen molar-refractivity contribution in [2.24, 2.45) is 0 Å². The highest BCUT2D eigenvalue weighted by atomic mass is 35.5. The molecule has 0 atom stereocenters. The molecule has 2 aromatic carbocycles. The van der Waals surface area contributed by atoms with Gasteiger partial charge in [0.1, 0.15) is 11.6 Å². The van der Waals surface area contributed by atoms with E-state index in [9.17, 15) is 13.6 Å². The third-order valence-electron chi connectivity index (χ3n) is 2.67. The number of anilines is 1. The number of thioether (sulfide) groups is 1. The Morgan fingerprint density at radius 3 is 2.54 bits per heavy atom. The van der Waals surface area contributed by atoms with E-state index >= 15 is 0 Å². The number of nitrogens with one attached hydrogen (secondary N) is 3. The van der Waals surface area contributed by atoms with Gasteiger partial charge in [-0.3, -0.25) is 15.6 Å². The van der Waals surface area contributed by atoms with Crippen molar-refractivity contribution in [3.63, 3.8) is 0 Å². The number of thiocarbonyl (C=S) groups is 1. The molecular formula is C15H12ClF2N3OS2. The average Bonchev–Trinajstić information content (AvgIpc) is 2.56. The molecule has 24 heavy (non-hydrogen) atoms. The molecule has 9 heteroatoms. The molecule has 0 unspecified atom stereocenters. The summed E-state index contributed by atoms with van der Waals surface area (Å²) in [6, 6.07) is 9.89. The van der Waals surface area contributed by atoms with Gasteiger partial charge in [-0.25, -0.2) is 8.78 Å². The number of carbonyl (C=O) groups is 1. The molecule has 0 aliphatic carbocycles. The van der Waals surface area contributed by atoms with Crippen LogP contribution in [0.1, 0.15) is 0 Å². The third-order valence-corrected chi connectivity index (χ3v) is 4.16. The maximum atomic E-state index is 13.4. The van der Waals surface area contributed by atoms with Crippen LogP contribution in [0.25, 0.3) is 0 Å². The first-order valence-electron chi connectivity index (χ1n) is 6.63. The Bertz CT molecular complexity index is 744. The first-order chi connectivity index (χ1) is 11.4. The van der Waals surface area contributed by atoms with Crippen LogP contribution in [0.15, 0.2) is 47.4 Å². The number of rotatable bonds is 4. The minimum absolute atomic E-state index is 0.0621. The third kappa shape index (κ3) is 5.95. The van der Waals surface area contributed by atoms with E-state index in [-0.39, 0.29) is 15.8 Å². The minimum Gasteiger partial charge on any atom is -0.331 e. The topological polar surface area (TPSA) is 53.2 Å². The van der Waals surface area contributed by atoms with Gasteiger partial charge in [-0.1, -0.05) is 11.6 Å². The van der Waals surface area contributed by atoms with Crippen LogP contribution in [0.2, 0.25) is 5.02 Å². The normalized spacial score (nSPS) is 10.1. The second-order valence-corrected chi connectivity index (χ2v) is 6.36. The molecule has 0 radical (unpaired) electrons. The van der Waals surface area contributed by atoms with E-state index in [0.29, 0.717) is 10.7 Å². The first kappa shape index (κ1) is 18.4. The van der Waals surface area contributed by atoms with E-state index in [1.165, 1.54) is 0 Å². The summed E-state index contributed by atoms with van der Waals surface area (Å²) in [4.78, 5) is 11.8. The molecule has 0 bridgehead atoms. The van der Waals surface area contributed by atoms with Crippen LogP contribution in [0.5, 0.6) is 0 Å². The monoisotopic (exact) mass is 387 g/mol. The summed E-state index contributed by atoms with van der Waals surface area (Å²) in [5.41, 5.74) is 5.57. The zero-order chi connectivity index (χ0) is 17.5. The van der Waals surface area contributed by atoms with Crippen molar-refractivity contribution in [1.82, 2.24) is 10.9 Å². The van der Waals surface area contributed by atoms with Gasteiger partial charge in [-0.05, 0) is 54.7 Å². The van der Waals surface area contributed by atoms with E-state index in [0.717, 1.165) is 30.0 Å². The molecule has 0 heterocycles. The van der Waals surface area contributed by atoms with Gasteiger partial charge in [0.15, 0.2) is 5.11 Å². The van der Waals surface area contributed by atoms with Crippen molar-refractivity contribution in [3.05, 3.63) is 59.1 Å². The Kier molecular flexibility index (Phi) is 6.77. The molecule has 1 amide bonds. The van der Waals surface area contributed by atoms with Crippen molar-refractivity contribution in [3.8, 4) is 0 Å². The lowest BCUT2D eigenvalue weighted by molar-refractivity contribution is -0.119. The van der Waals surface area contributed by atoms with Crippen molar-refractivity contribution in [2.45, 2.75) is 4.90 Å². The summed E-state index contributed by atoms with van der Waals surface area (Å²) >= 11 is 11.7. The SMILES string of the molecule is O=C(CSc1cc(F)ccc1F)NNC(=S)Nc1ccc(Cl)cc1. The fraction of sp³-hybridized carbons (Fsp3) is 0.0667. The van der Waals surface area contributed by atoms with Crippen LogP contribution in [0.4, 0.5) is 14.5 Å². The average molecular weight is 388 g/mol. The number of halogens is 3. The number of hydrogen-bond acceptors (Lipinski definition) is 3. The zero-order valence-corrected chi connectivity index (χ0v) is 14.5. The van der Waals surface area contributed by atoms with Crippen LogP contribution in [0.3, 0.4) is 0 Å². The molecule has 0 saturated carbocycles. The first-order valence-corrected chi connectivity index (χ1v) is 8.40. The minimum atomic E-state index is -0.581. The van der Waals surface area contributed by atoms with E-state index in [1.54, 1.807) is 24.3 Å². The lowest BCUT2D eigenvalue weighted by Crippen LogP contribution is -2.44. The molecular weight excluding hydrogens is 376 g/mol. The summed E-state index contributed by atoms with van der Waals surface area (Å²) in [7, 11) is 0. The number of carbonyl (C=O) groups excluding carboxylic acids is 1. The lowest BCUT2D eigenvalue weighted by atomic mass is 10.3. The van der Waals surface area contributed by atoms with Crippen LogP contribution < -0.4 is 16.2 Å². The highest BCUT2D eigenvalue weighted by Gasteiger charge is 2.08. The van der Waals surface area contributed by atoms with Gasteiger partial charge in [-0.15, -0.1) is 11.8 Å². The fourth-order valence-electron chi connectivity index (χ4n) is 1.59. The maximum absolute atomic E-state index is 13.4. The van der Waals surface area contributed by atoms with Crippen LogP contribution >= 0.6 is 35.6 Å². The smallest absolute Gasteiger partial charge is 0.248 e. The molecule has 0 saturated heterocycles. The van der Waals surface area contributed by atoms with Gasteiger partial charge in [0.2, 0.25) is 5.91 Å². The summed E-state index contributed by atoms with van der Waals surface area (Å²) in [5, 5.41) is 3.61. The van der Waals surface area contributed by atoms with E-state index in [4.69, 9.17) is 23.8 Å². The Labute approximate surface area is 151 Å². The maximum Gasteiger partial charge on any atom is 0.248 e. The molecule has 0 fully saturated rings. The number of hydrogen-bond donors (Lipinski definition) is 3. The predicted octanol–water partition coefficient (Wildman–Crippen LogP) is 3.73. The second kappa shape index (κ2) is 8.81. The van der Waals surface area contributed by atoms with E-state index < -0.39 is 17.5 Å². The Balaban J connectivity index is 1.75. The summed E-state index contributed by atoms with van der Waals surface area (Å²) in [6.07, 6.45) is 0. The number of benzene rings is 2. The van der Waals surface area contributed by atoms with Crippen LogP contribution in [-0.2, 0) is 4.79 Å². The molecule has 3 N–H and O–H groups in total. The predicted molar refractivity (Wildman–Crippen MR) is 96.0 cm³/mol. The molecule has 2 rings (SSSR count). The van der Waals surface area contributed by atoms with Gasteiger partial charge in [0, 0.05) is 15.6 Å². The molecule has 4 nitrogen and oxygen atoms in total. The van der Waals surface area contributed by atoms with Crippen molar-refractivity contribution in [2.75, 3.05) is 11.1 Å². The van der Waals surface area contributed by atoms with Crippen LogP contribution in [0, 0.1) is 11.6 Å². The molecule has 0 aliphatic heterocycles. The molecule has 2 aromatic rings. The van der Waals surface area contributed by atoms with Crippen molar-refractivity contribution < 1.29 is 13.6 Å². The second-order valence-electron chi connectivity index (χ2n) is 4.50. The Morgan fingerprint density at radius 1 is 1.12 bits per heavy atom. The van der Waals surface area contributed by atoms with E-state index in [1.807, 2.05) is 0 Å². The van der Waals surface area contributed by atoms with Gasteiger partial charge in [-0.2, -0.15) is 0 Å². The lowest BCUT2D eigenvalue weighted by Gasteiger charge is -2.11. The van der Waals surface area contributed by atoms with Crippen LogP contribution in [-0.4, -0.2) is 16.8 Å². The molecule has 126 valence electrons. The van der Waals surface area contributed by atoms with Gasteiger partial charge >= 0.3 is 0 Å². The molecule has 0 spiro atoms. The highest BCUT2D eigenvalue weighted by molar-refractivity contribution is 8.00. The van der Waals surface area contributed by atoms with Gasteiger partial charge in [0.05, 0.1) is 5.75 Å². The Hall–Kier alpha value is -1.90. The highest BCUT2D eigenvalue weighted by Crippen LogP contribution is 2.22. The summed E-state index contributed by atoms with van der Waals surface area (Å²) in [5.74, 6) is -1.69. The van der Waals surface area contributed by atoms with Crippen molar-refractivity contribution in [1.29, 1.82) is 0 Å². The van der Waals surface area contributed by atoms with Gasteiger partial charge < -0.3 is 5.32 Å². The summed E-state index contributed by atoms with van der Waals surface area (Å²) < 4.78 is 26.5. The number of hydrazine groups is 1. The largest absolute Gasteiger partial charge is 0.331 e. The zero-order valence-electron chi connectivity index (χ0n) is 12.1. The van der Waals surface area contributed by atoms with E-state index in [2.05, 4.69) is 16.2 Å². The fourth-order valence-corrected chi connectivity index (χ4v) is 2.64. The molecule has 0 aliphatic rings. The summed E-state index contributed by atoms with van der Waals surface area (Å²) in [6.45, 7) is 0. The Morgan fingerprint density at radius 2 is 1.83 bits per heavy atom. The molecule has 0 aromatic heterocycles. The quantitative estimate of drug-likeness (QED) is 0.424. The standard InChI is InChI=1S/C15H12ClF2N3OS2/c16-9-1-4-11(5-2-9)19-15(23)21-20-14(22)8-24-13-7-10(17)3-6-12(13)18/h1-7H,8H2,(H,20,22)(H2,19,21,23). The number of amides is 1. The van der Waals surface area contributed by atoms with Crippen molar-refractivity contribution >= 4 is 52.3 Å². The van der Waals surface area contributed by atoms with Gasteiger partial charge in [0.25, 0.3) is 0 Å².